The molecule has 0 atom stereocenters. The quantitative estimate of drug-likeness (QED) is 0.272. The fraction of sp³-hybridized carbons (Fsp3) is 0.222. The number of benzene rings is 2. The Labute approximate surface area is 213 Å². The van der Waals surface area contributed by atoms with E-state index in [0.29, 0.717) is 35.7 Å². The number of nitrogens with one attached hydrogen (secondary N) is 1. The molecule has 3 aromatic heterocycles. The molecule has 0 amide bonds. The second-order valence-electron chi connectivity index (χ2n) is 8.76. The van der Waals surface area contributed by atoms with Crippen LogP contribution >= 0.6 is 11.6 Å². The van der Waals surface area contributed by atoms with Gasteiger partial charge in [-0.25, -0.2) is 9.97 Å². The molecule has 0 saturated carbocycles. The van der Waals surface area contributed by atoms with Crippen LogP contribution in [0.4, 0.5) is 5.82 Å². The Morgan fingerprint density at radius 2 is 1.97 bits per heavy atom. The molecular formula is C27H25ClN6O2. The number of anilines is 1. The molecule has 0 spiro atoms. The van der Waals surface area contributed by atoms with E-state index >= 15 is 0 Å². The standard InChI is InChI=1S/C27H25ClN6O2/c1-16-25(17(2)36-33-16)20-8-9-23-22(12-20)26(29-13-18-5-4-6-21(28)11-18)32-27(31-23)24(35)10-7-19-14-30-34(3)15-19/h4-6,8-9,11-12,14-15H,7,10,13H2,1-3H3,(H,29,31,32). The Kier molecular flexibility index (Phi) is 6.52. The van der Waals surface area contributed by atoms with Gasteiger partial charge in [0.1, 0.15) is 11.6 Å². The van der Waals surface area contributed by atoms with E-state index in [1.807, 2.05) is 69.6 Å². The number of Topliss-reactive ketones (excluding diaryl/α,β-unsaturated/α-hetero) is 1. The number of hydrogen-bond acceptors (Lipinski definition) is 7. The zero-order valence-electron chi connectivity index (χ0n) is 20.2. The number of carbonyl (C=O) groups is 1. The maximum absolute atomic E-state index is 13.1. The lowest BCUT2D eigenvalue weighted by Gasteiger charge is -2.12. The zero-order valence-corrected chi connectivity index (χ0v) is 21.0. The highest BCUT2D eigenvalue weighted by molar-refractivity contribution is 6.30. The van der Waals surface area contributed by atoms with Crippen molar-refractivity contribution in [1.29, 1.82) is 0 Å². The number of carbonyl (C=O) groups excluding carboxylic acids is 1. The van der Waals surface area contributed by atoms with E-state index in [2.05, 4.69) is 25.5 Å². The van der Waals surface area contributed by atoms with Crippen LogP contribution in [0.1, 0.15) is 39.6 Å². The van der Waals surface area contributed by atoms with Gasteiger partial charge in [0.15, 0.2) is 11.6 Å². The summed E-state index contributed by atoms with van der Waals surface area (Å²) in [4.78, 5) is 22.3. The van der Waals surface area contributed by atoms with Gasteiger partial charge < -0.3 is 9.84 Å². The minimum absolute atomic E-state index is 0.124. The van der Waals surface area contributed by atoms with Crippen LogP contribution in [0, 0.1) is 13.8 Å². The van der Waals surface area contributed by atoms with E-state index in [9.17, 15) is 4.79 Å². The molecule has 0 unspecified atom stereocenters. The highest BCUT2D eigenvalue weighted by Gasteiger charge is 2.17. The predicted molar refractivity (Wildman–Crippen MR) is 139 cm³/mol. The molecule has 2 aromatic carbocycles. The Morgan fingerprint density at radius 1 is 1.11 bits per heavy atom. The van der Waals surface area contributed by atoms with Crippen LogP contribution in [0.25, 0.3) is 22.0 Å². The molecule has 0 aliphatic heterocycles. The first kappa shape index (κ1) is 23.7. The largest absolute Gasteiger partial charge is 0.365 e. The van der Waals surface area contributed by atoms with E-state index in [1.165, 1.54) is 0 Å². The average molecular weight is 501 g/mol. The van der Waals surface area contributed by atoms with Gasteiger partial charge >= 0.3 is 0 Å². The molecule has 9 heteroatoms. The predicted octanol–water partition coefficient (Wildman–Crippen LogP) is 5.72. The van der Waals surface area contributed by atoms with Crippen LogP contribution < -0.4 is 5.32 Å². The van der Waals surface area contributed by atoms with Crippen molar-refractivity contribution in [3.05, 3.63) is 88.3 Å². The topological polar surface area (TPSA) is 98.7 Å². The fourth-order valence-electron chi connectivity index (χ4n) is 4.24. The molecule has 5 rings (SSSR count). The van der Waals surface area contributed by atoms with Crippen molar-refractivity contribution in [1.82, 2.24) is 24.9 Å². The first-order chi connectivity index (χ1) is 17.4. The van der Waals surface area contributed by atoms with Gasteiger partial charge in [-0.05, 0) is 61.2 Å². The van der Waals surface area contributed by atoms with Crippen molar-refractivity contribution in [3.63, 3.8) is 0 Å². The van der Waals surface area contributed by atoms with Crippen molar-refractivity contribution in [2.24, 2.45) is 7.05 Å². The number of halogens is 1. The van der Waals surface area contributed by atoms with Gasteiger partial charge in [-0.2, -0.15) is 5.10 Å². The van der Waals surface area contributed by atoms with E-state index < -0.39 is 0 Å². The van der Waals surface area contributed by atoms with Crippen molar-refractivity contribution >= 4 is 34.1 Å². The minimum atomic E-state index is -0.124. The number of nitrogens with zero attached hydrogens (tertiary/aromatic N) is 5. The van der Waals surface area contributed by atoms with Crippen LogP contribution in [0.5, 0.6) is 0 Å². The zero-order chi connectivity index (χ0) is 25.2. The summed E-state index contributed by atoms with van der Waals surface area (Å²) in [5.41, 5.74) is 5.37. The lowest BCUT2D eigenvalue weighted by Crippen LogP contribution is -2.11. The molecule has 3 heterocycles. The van der Waals surface area contributed by atoms with E-state index in [4.69, 9.17) is 16.1 Å². The SMILES string of the molecule is Cc1noc(C)c1-c1ccc2nc(C(=O)CCc3cnn(C)c3)nc(NCc3cccc(Cl)c3)c2c1. The van der Waals surface area contributed by atoms with Crippen molar-refractivity contribution in [2.75, 3.05) is 5.32 Å². The number of fused-ring (bicyclic) bond motifs is 1. The fourth-order valence-corrected chi connectivity index (χ4v) is 4.45. The minimum Gasteiger partial charge on any atom is -0.365 e. The van der Waals surface area contributed by atoms with Gasteiger partial charge in [0.2, 0.25) is 0 Å². The Balaban J connectivity index is 1.51. The van der Waals surface area contributed by atoms with Crippen LogP contribution in [0.2, 0.25) is 5.02 Å². The highest BCUT2D eigenvalue weighted by atomic mass is 35.5. The third-order valence-corrected chi connectivity index (χ3v) is 6.25. The number of aromatic nitrogens is 5. The van der Waals surface area contributed by atoms with E-state index in [-0.39, 0.29) is 11.6 Å². The lowest BCUT2D eigenvalue weighted by molar-refractivity contribution is 0.0973. The summed E-state index contributed by atoms with van der Waals surface area (Å²) in [6.45, 7) is 4.29. The molecule has 0 radical (unpaired) electrons. The normalized spacial score (nSPS) is 11.2. The van der Waals surface area contributed by atoms with Crippen LogP contribution in [-0.4, -0.2) is 30.7 Å². The molecule has 0 aliphatic rings. The molecule has 0 aliphatic carbocycles. The number of aryl methyl sites for hydroxylation is 4. The number of hydrogen-bond donors (Lipinski definition) is 1. The summed E-state index contributed by atoms with van der Waals surface area (Å²) >= 11 is 6.16. The van der Waals surface area contributed by atoms with Crippen LogP contribution in [0.3, 0.4) is 0 Å². The maximum atomic E-state index is 13.1. The molecule has 5 aromatic rings. The molecule has 0 saturated heterocycles. The second kappa shape index (κ2) is 9.91. The highest BCUT2D eigenvalue weighted by Crippen LogP contribution is 2.32. The van der Waals surface area contributed by atoms with Gasteiger partial charge in [0, 0.05) is 42.2 Å². The Morgan fingerprint density at radius 3 is 2.69 bits per heavy atom. The van der Waals surface area contributed by atoms with Gasteiger partial charge in [0.25, 0.3) is 0 Å². The first-order valence-corrected chi connectivity index (χ1v) is 12.0. The molecule has 0 fully saturated rings. The van der Waals surface area contributed by atoms with Gasteiger partial charge in [-0.1, -0.05) is 35.0 Å². The van der Waals surface area contributed by atoms with Gasteiger partial charge in [-0.3, -0.25) is 9.48 Å². The summed E-state index contributed by atoms with van der Waals surface area (Å²) in [5, 5.41) is 13.1. The third-order valence-electron chi connectivity index (χ3n) is 6.02. The summed E-state index contributed by atoms with van der Waals surface area (Å²) in [6, 6.07) is 13.5. The summed E-state index contributed by atoms with van der Waals surface area (Å²) in [5.74, 6) is 1.38. The van der Waals surface area contributed by atoms with Crippen molar-refractivity contribution < 1.29 is 9.32 Å². The molecular weight excluding hydrogens is 476 g/mol. The first-order valence-electron chi connectivity index (χ1n) is 11.6. The summed E-state index contributed by atoms with van der Waals surface area (Å²) < 4.78 is 7.09. The average Bonchev–Trinajstić information content (AvgIpc) is 3.44. The van der Waals surface area contributed by atoms with Crippen LogP contribution in [-0.2, 0) is 20.0 Å². The van der Waals surface area contributed by atoms with Crippen molar-refractivity contribution in [3.8, 4) is 11.1 Å². The molecule has 182 valence electrons. The summed E-state index contributed by atoms with van der Waals surface area (Å²) in [7, 11) is 1.85. The summed E-state index contributed by atoms with van der Waals surface area (Å²) in [6.07, 6.45) is 4.54. The smallest absolute Gasteiger partial charge is 0.200 e. The lowest BCUT2D eigenvalue weighted by atomic mass is 10.0. The van der Waals surface area contributed by atoms with Gasteiger partial charge in [0.05, 0.1) is 17.4 Å². The third kappa shape index (κ3) is 4.99. The van der Waals surface area contributed by atoms with E-state index in [0.717, 1.165) is 39.1 Å². The monoisotopic (exact) mass is 500 g/mol. The molecule has 1 N–H and O–H groups in total. The second-order valence-corrected chi connectivity index (χ2v) is 9.19. The molecule has 36 heavy (non-hydrogen) atoms. The van der Waals surface area contributed by atoms with Gasteiger partial charge in [-0.15, -0.1) is 0 Å². The molecule has 8 nitrogen and oxygen atoms in total. The Hall–Kier alpha value is -4.04. The Bertz CT molecular complexity index is 1550. The maximum Gasteiger partial charge on any atom is 0.200 e. The van der Waals surface area contributed by atoms with E-state index in [1.54, 1.807) is 10.9 Å². The number of ketones is 1. The van der Waals surface area contributed by atoms with Crippen molar-refractivity contribution in [2.45, 2.75) is 33.2 Å². The number of rotatable bonds is 8. The van der Waals surface area contributed by atoms with Crippen LogP contribution in [0.15, 0.2) is 59.4 Å². The molecule has 0 bridgehead atoms.